The normalized spacial score (nSPS) is 16.9. The van der Waals surface area contributed by atoms with Crippen LogP contribution in [0.1, 0.15) is 37.7 Å². The van der Waals surface area contributed by atoms with E-state index in [0.29, 0.717) is 6.61 Å². The molecule has 22 heavy (non-hydrogen) atoms. The topological polar surface area (TPSA) is 75.6 Å². The van der Waals surface area contributed by atoms with Crippen molar-refractivity contribution in [3.63, 3.8) is 0 Å². The highest BCUT2D eigenvalue weighted by Crippen LogP contribution is 2.26. The number of amides is 1. The molecule has 1 aromatic rings. The molecule has 1 saturated carbocycles. The molecule has 2 N–H and O–H groups in total. The maximum absolute atomic E-state index is 11.9. The van der Waals surface area contributed by atoms with Crippen LogP contribution in [-0.2, 0) is 20.9 Å². The summed E-state index contributed by atoms with van der Waals surface area (Å²) in [6, 6.07) is 8.76. The van der Waals surface area contributed by atoms with Crippen LogP contribution in [-0.4, -0.2) is 29.6 Å². The zero-order valence-electron chi connectivity index (χ0n) is 12.7. The van der Waals surface area contributed by atoms with Crippen molar-refractivity contribution in [2.24, 2.45) is 5.92 Å². The zero-order chi connectivity index (χ0) is 15.8. The molecule has 0 radical (unpaired) electrons. The van der Waals surface area contributed by atoms with Gasteiger partial charge in [0.25, 0.3) is 0 Å². The number of aliphatic carboxylic acids is 1. The number of benzene rings is 1. The van der Waals surface area contributed by atoms with Gasteiger partial charge in [0.2, 0.25) is 5.91 Å². The molecule has 0 heterocycles. The fourth-order valence-corrected chi connectivity index (χ4v) is 2.90. The molecule has 1 aromatic carbocycles. The van der Waals surface area contributed by atoms with E-state index in [1.165, 1.54) is 0 Å². The highest BCUT2D eigenvalue weighted by molar-refractivity contribution is 5.84. The lowest BCUT2D eigenvalue weighted by Crippen LogP contribution is -2.47. The average molecular weight is 305 g/mol. The summed E-state index contributed by atoms with van der Waals surface area (Å²) in [4.78, 5) is 23.3. The highest BCUT2D eigenvalue weighted by atomic mass is 16.5. The van der Waals surface area contributed by atoms with Gasteiger partial charge in [0.05, 0.1) is 6.61 Å². The minimum Gasteiger partial charge on any atom is -0.480 e. The summed E-state index contributed by atoms with van der Waals surface area (Å²) in [5.74, 6) is -1.29. The maximum atomic E-state index is 11.9. The number of nitrogens with one attached hydrogen (secondary N) is 1. The summed E-state index contributed by atoms with van der Waals surface area (Å²) in [6.07, 6.45) is 4.95. The van der Waals surface area contributed by atoms with E-state index in [9.17, 15) is 14.7 Å². The Hall–Kier alpha value is -1.88. The number of carboxylic acid groups (broad SMARTS) is 1. The molecule has 1 amide bonds. The molecule has 1 atom stereocenters. The number of hydrogen-bond acceptors (Lipinski definition) is 3. The van der Waals surface area contributed by atoms with Crippen LogP contribution >= 0.6 is 0 Å². The number of rotatable bonds is 7. The van der Waals surface area contributed by atoms with Gasteiger partial charge >= 0.3 is 5.97 Å². The zero-order valence-corrected chi connectivity index (χ0v) is 12.7. The van der Waals surface area contributed by atoms with Crippen LogP contribution < -0.4 is 5.32 Å². The van der Waals surface area contributed by atoms with Crippen molar-refractivity contribution in [3.8, 4) is 0 Å². The maximum Gasteiger partial charge on any atom is 0.326 e. The standard InChI is InChI=1S/C17H23NO4/c19-15(12-22-11-13-7-3-1-4-8-13)18-16(17(20)21)14-9-5-2-6-10-14/h1,3-4,7-8,14,16H,2,5-6,9-12H2,(H,18,19)(H,20,21)/t16-/m1/s1. The molecule has 1 aliphatic rings. The Kier molecular flexibility index (Phi) is 6.40. The summed E-state index contributed by atoms with van der Waals surface area (Å²) in [6.45, 7) is 0.223. The summed E-state index contributed by atoms with van der Waals surface area (Å²) in [5, 5.41) is 11.9. The third-order valence-electron chi connectivity index (χ3n) is 4.05. The second-order valence-electron chi connectivity index (χ2n) is 5.76. The van der Waals surface area contributed by atoms with Crippen LogP contribution in [0.3, 0.4) is 0 Å². The third kappa shape index (κ3) is 5.15. The van der Waals surface area contributed by atoms with E-state index in [0.717, 1.165) is 37.7 Å². The van der Waals surface area contributed by atoms with E-state index >= 15 is 0 Å². The predicted octanol–water partition coefficient (Wildman–Crippen LogP) is 2.35. The van der Waals surface area contributed by atoms with Gasteiger partial charge < -0.3 is 15.2 Å². The number of hydrogen-bond donors (Lipinski definition) is 2. The van der Waals surface area contributed by atoms with Crippen molar-refractivity contribution < 1.29 is 19.4 Å². The number of carbonyl (C=O) groups excluding carboxylic acids is 1. The second kappa shape index (κ2) is 8.54. The fraction of sp³-hybridized carbons (Fsp3) is 0.529. The highest BCUT2D eigenvalue weighted by Gasteiger charge is 2.30. The van der Waals surface area contributed by atoms with Gasteiger partial charge in [-0.15, -0.1) is 0 Å². The van der Waals surface area contributed by atoms with Crippen molar-refractivity contribution in [2.75, 3.05) is 6.61 Å². The molecular formula is C17H23NO4. The monoisotopic (exact) mass is 305 g/mol. The Labute approximate surface area is 130 Å². The molecule has 0 saturated heterocycles. The van der Waals surface area contributed by atoms with Crippen LogP contribution in [0.5, 0.6) is 0 Å². The van der Waals surface area contributed by atoms with Crippen LogP contribution in [0.2, 0.25) is 0 Å². The molecule has 0 aliphatic heterocycles. The largest absolute Gasteiger partial charge is 0.480 e. The lowest BCUT2D eigenvalue weighted by molar-refractivity contribution is -0.144. The molecule has 0 bridgehead atoms. The Balaban J connectivity index is 1.77. The number of ether oxygens (including phenoxy) is 1. The molecule has 2 rings (SSSR count). The molecule has 0 unspecified atom stereocenters. The molecule has 1 fully saturated rings. The molecule has 0 spiro atoms. The van der Waals surface area contributed by atoms with Crippen molar-refractivity contribution in [1.82, 2.24) is 5.32 Å². The SMILES string of the molecule is O=C(COCc1ccccc1)N[C@@H](C(=O)O)C1CCCCC1. The van der Waals surface area contributed by atoms with Crippen molar-refractivity contribution in [1.29, 1.82) is 0 Å². The summed E-state index contributed by atoms with van der Waals surface area (Å²) in [7, 11) is 0. The predicted molar refractivity (Wildman–Crippen MR) is 82.2 cm³/mol. The van der Waals surface area contributed by atoms with Crippen LogP contribution in [0, 0.1) is 5.92 Å². The van der Waals surface area contributed by atoms with Crippen molar-refractivity contribution in [2.45, 2.75) is 44.8 Å². The molecule has 5 nitrogen and oxygen atoms in total. The van der Waals surface area contributed by atoms with Gasteiger partial charge in [-0.2, -0.15) is 0 Å². The summed E-state index contributed by atoms with van der Waals surface area (Å²) >= 11 is 0. The van der Waals surface area contributed by atoms with E-state index in [4.69, 9.17) is 4.74 Å². The molecule has 0 aromatic heterocycles. The lowest BCUT2D eigenvalue weighted by atomic mass is 9.84. The third-order valence-corrected chi connectivity index (χ3v) is 4.05. The summed E-state index contributed by atoms with van der Waals surface area (Å²) in [5.41, 5.74) is 0.984. The van der Waals surface area contributed by atoms with Crippen molar-refractivity contribution >= 4 is 11.9 Å². The fourth-order valence-electron chi connectivity index (χ4n) is 2.90. The Morgan fingerprint density at radius 3 is 2.50 bits per heavy atom. The molecule has 120 valence electrons. The van der Waals surface area contributed by atoms with Gasteiger partial charge in [0, 0.05) is 0 Å². The van der Waals surface area contributed by atoms with Crippen molar-refractivity contribution in [3.05, 3.63) is 35.9 Å². The van der Waals surface area contributed by atoms with Gasteiger partial charge in [-0.05, 0) is 24.3 Å². The molecule has 1 aliphatic carbocycles. The lowest BCUT2D eigenvalue weighted by Gasteiger charge is -2.28. The Bertz CT molecular complexity index is 483. The first-order valence-electron chi connectivity index (χ1n) is 7.80. The quantitative estimate of drug-likeness (QED) is 0.811. The number of carboxylic acids is 1. The summed E-state index contributed by atoms with van der Waals surface area (Å²) < 4.78 is 5.34. The van der Waals surface area contributed by atoms with Crippen LogP contribution in [0.4, 0.5) is 0 Å². The van der Waals surface area contributed by atoms with E-state index in [2.05, 4.69) is 5.32 Å². The van der Waals surface area contributed by atoms with E-state index in [1.807, 2.05) is 30.3 Å². The smallest absolute Gasteiger partial charge is 0.326 e. The average Bonchev–Trinajstić information content (AvgIpc) is 2.54. The number of carbonyl (C=O) groups is 2. The van der Waals surface area contributed by atoms with Gasteiger partial charge in [-0.1, -0.05) is 49.6 Å². The van der Waals surface area contributed by atoms with E-state index < -0.39 is 12.0 Å². The minimum atomic E-state index is -0.955. The van der Waals surface area contributed by atoms with E-state index in [1.54, 1.807) is 0 Å². The molecule has 5 heteroatoms. The van der Waals surface area contributed by atoms with Crippen LogP contribution in [0.15, 0.2) is 30.3 Å². The minimum absolute atomic E-state index is 0.0318. The van der Waals surface area contributed by atoms with Gasteiger partial charge in [0.1, 0.15) is 12.6 Å². The first-order chi connectivity index (χ1) is 10.7. The van der Waals surface area contributed by atoms with E-state index in [-0.39, 0.29) is 18.4 Å². The van der Waals surface area contributed by atoms with Gasteiger partial charge in [-0.25, -0.2) is 4.79 Å². The molecular weight excluding hydrogens is 282 g/mol. The first kappa shape index (κ1) is 16.5. The second-order valence-corrected chi connectivity index (χ2v) is 5.76. The van der Waals surface area contributed by atoms with Gasteiger partial charge in [0.15, 0.2) is 0 Å². The Morgan fingerprint density at radius 2 is 1.86 bits per heavy atom. The van der Waals surface area contributed by atoms with Gasteiger partial charge in [-0.3, -0.25) is 4.79 Å². The first-order valence-corrected chi connectivity index (χ1v) is 7.80. The van der Waals surface area contributed by atoms with Crippen LogP contribution in [0.25, 0.3) is 0 Å². The Morgan fingerprint density at radius 1 is 1.18 bits per heavy atom.